The van der Waals surface area contributed by atoms with Crippen molar-refractivity contribution in [3.63, 3.8) is 0 Å². The Morgan fingerprint density at radius 3 is 2.30 bits per heavy atom. The lowest BCUT2D eigenvalue weighted by atomic mass is 10.1. The van der Waals surface area contributed by atoms with E-state index in [1.54, 1.807) is 28.8 Å². The Hall–Kier alpha value is -5.12. The first-order chi connectivity index (χ1) is 25.6. The number of imidazole rings is 1. The first kappa shape index (κ1) is 40.6. The number of nitrogens with one attached hydrogen (secondary N) is 3. The van der Waals surface area contributed by atoms with Gasteiger partial charge in [-0.15, -0.1) is 0 Å². The maximum atomic E-state index is 13.9. The highest BCUT2D eigenvalue weighted by Gasteiger charge is 2.24. The number of anilines is 1. The van der Waals surface area contributed by atoms with Gasteiger partial charge in [-0.1, -0.05) is 56.3 Å². The van der Waals surface area contributed by atoms with Crippen LogP contribution in [0.2, 0.25) is 0 Å². The van der Waals surface area contributed by atoms with Gasteiger partial charge in [0.15, 0.2) is 11.2 Å². The second kappa shape index (κ2) is 20.2. The molecule has 0 aliphatic carbocycles. The van der Waals surface area contributed by atoms with Crippen molar-refractivity contribution in [2.75, 3.05) is 25.0 Å². The van der Waals surface area contributed by atoms with E-state index in [1.807, 2.05) is 48.7 Å². The quantitative estimate of drug-likeness (QED) is 0.0646. The van der Waals surface area contributed by atoms with Crippen molar-refractivity contribution in [1.29, 1.82) is 0 Å². The summed E-state index contributed by atoms with van der Waals surface area (Å²) in [7, 11) is 0. The molecule has 0 aliphatic rings. The van der Waals surface area contributed by atoms with Crippen molar-refractivity contribution in [3.8, 4) is 0 Å². The summed E-state index contributed by atoms with van der Waals surface area (Å²) in [5.41, 5.74) is 7.56. The highest BCUT2D eigenvalue weighted by Crippen LogP contribution is 2.18. The lowest BCUT2D eigenvalue weighted by Crippen LogP contribution is -2.45. The van der Waals surface area contributed by atoms with Crippen LogP contribution in [0.15, 0.2) is 64.2 Å². The van der Waals surface area contributed by atoms with Gasteiger partial charge in [-0.3, -0.25) is 28.3 Å². The molecule has 0 fully saturated rings. The lowest BCUT2D eigenvalue weighted by molar-refractivity contribution is -0.139. The number of hydrogen-bond donors (Lipinski definition) is 6. The molecule has 0 saturated carbocycles. The Morgan fingerprint density at radius 2 is 1.64 bits per heavy atom. The topological polar surface area (TPSA) is 216 Å². The van der Waals surface area contributed by atoms with Gasteiger partial charge in [-0.2, -0.15) is 0 Å². The molecule has 0 radical (unpaired) electrons. The number of aromatic nitrogens is 4. The number of carbonyl (C=O) groups excluding carboxylic acids is 2. The number of nitrogens with zero attached hydrogens (tertiary/aromatic N) is 4. The zero-order valence-electron chi connectivity index (χ0n) is 30.6. The smallest absolute Gasteiger partial charge is 0.332 e. The fourth-order valence-corrected chi connectivity index (χ4v) is 6.02. The summed E-state index contributed by atoms with van der Waals surface area (Å²) in [4.78, 5) is 69.3. The van der Waals surface area contributed by atoms with E-state index in [2.05, 4.69) is 16.0 Å². The fourth-order valence-electron chi connectivity index (χ4n) is 6.02. The number of rotatable bonds is 22. The summed E-state index contributed by atoms with van der Waals surface area (Å²) >= 11 is 0. The lowest BCUT2D eigenvalue weighted by Gasteiger charge is -2.17. The van der Waals surface area contributed by atoms with E-state index < -0.39 is 47.6 Å². The van der Waals surface area contributed by atoms with E-state index in [9.17, 15) is 34.2 Å². The van der Waals surface area contributed by atoms with Crippen LogP contribution in [-0.4, -0.2) is 78.5 Å². The number of hydrogen-bond acceptors (Lipinski definition) is 9. The number of aryl methyl sites for hydroxylation is 2. The van der Waals surface area contributed by atoms with Crippen LogP contribution in [0.1, 0.15) is 69.3 Å². The SMILES string of the molecule is CCCn1c(=O)c2c(nc(Cc3ccccc3)n2CCNCC(O)CC)n(CCc2ccc(NC(=O)C(CC(=O)O)NC(=O)CCCCN)cc2)c1=O. The normalized spacial score (nSPS) is 12.5. The molecule has 2 unspecified atom stereocenters. The van der Waals surface area contributed by atoms with Gasteiger partial charge in [0.25, 0.3) is 5.56 Å². The Labute approximate surface area is 308 Å². The molecule has 53 heavy (non-hydrogen) atoms. The van der Waals surface area contributed by atoms with E-state index in [-0.39, 0.29) is 19.5 Å². The summed E-state index contributed by atoms with van der Waals surface area (Å²) in [6, 6.07) is 15.4. The van der Waals surface area contributed by atoms with E-state index in [0.29, 0.717) is 87.4 Å². The van der Waals surface area contributed by atoms with Crippen LogP contribution in [0.3, 0.4) is 0 Å². The number of carbonyl (C=O) groups is 3. The molecule has 2 amide bonds. The monoisotopic (exact) mass is 732 g/mol. The van der Waals surface area contributed by atoms with Crippen molar-refractivity contribution in [2.45, 2.75) is 97.0 Å². The van der Waals surface area contributed by atoms with Crippen LogP contribution in [0.4, 0.5) is 5.69 Å². The molecule has 4 rings (SSSR count). The van der Waals surface area contributed by atoms with Crippen molar-refractivity contribution in [2.24, 2.45) is 5.73 Å². The molecule has 7 N–H and O–H groups in total. The van der Waals surface area contributed by atoms with E-state index in [4.69, 9.17) is 10.7 Å². The van der Waals surface area contributed by atoms with Crippen molar-refractivity contribution in [3.05, 3.63) is 92.4 Å². The highest BCUT2D eigenvalue weighted by molar-refractivity contribution is 5.99. The summed E-state index contributed by atoms with van der Waals surface area (Å²) in [6.45, 7) is 6.03. The zero-order valence-corrected chi connectivity index (χ0v) is 30.6. The number of fused-ring (bicyclic) bond motifs is 1. The van der Waals surface area contributed by atoms with Crippen molar-refractivity contribution >= 4 is 34.6 Å². The first-order valence-electron chi connectivity index (χ1n) is 18.3. The largest absolute Gasteiger partial charge is 0.481 e. The molecule has 0 saturated heterocycles. The summed E-state index contributed by atoms with van der Waals surface area (Å²) < 4.78 is 4.70. The van der Waals surface area contributed by atoms with Gasteiger partial charge in [0, 0.05) is 51.3 Å². The summed E-state index contributed by atoms with van der Waals surface area (Å²) in [5.74, 6) is -1.65. The fraction of sp³-hybridized carbons (Fsp3) is 0.474. The van der Waals surface area contributed by atoms with E-state index in [0.717, 1.165) is 11.1 Å². The Morgan fingerprint density at radius 1 is 0.906 bits per heavy atom. The van der Waals surface area contributed by atoms with E-state index >= 15 is 0 Å². The number of benzene rings is 2. The van der Waals surface area contributed by atoms with Crippen LogP contribution < -0.4 is 32.9 Å². The molecule has 0 spiro atoms. The third kappa shape index (κ3) is 11.4. The van der Waals surface area contributed by atoms with Gasteiger partial charge in [-0.25, -0.2) is 9.78 Å². The molecule has 0 bridgehead atoms. The molecule has 286 valence electrons. The minimum absolute atomic E-state index is 0.135. The standard InChI is InChI=1S/C38H52N8O7/c1-3-20-46-37(52)34-35(43-31(23-27-10-6-5-7-11-27)44(34)22-19-40-25-29(47)4-2)45(38(46)53)21-17-26-13-15-28(16-14-26)41-36(51)30(24-33(49)50)42-32(48)12-8-9-18-39/h5-7,10-11,13-16,29-30,40,47H,3-4,8-9,12,17-25,39H2,1-2H3,(H,41,51)(H,42,48)(H,49,50). The minimum Gasteiger partial charge on any atom is -0.481 e. The second-order valence-corrected chi connectivity index (χ2v) is 13.1. The molecular formula is C38H52N8O7. The molecule has 2 atom stereocenters. The average Bonchev–Trinajstić information content (AvgIpc) is 3.49. The number of aliphatic hydroxyl groups is 1. The Balaban J connectivity index is 1.58. The highest BCUT2D eigenvalue weighted by atomic mass is 16.4. The molecule has 2 heterocycles. The predicted molar refractivity (Wildman–Crippen MR) is 203 cm³/mol. The van der Waals surface area contributed by atoms with Crippen molar-refractivity contribution in [1.82, 2.24) is 29.3 Å². The Kier molecular flexibility index (Phi) is 15.5. The maximum Gasteiger partial charge on any atom is 0.332 e. The van der Waals surface area contributed by atoms with Gasteiger partial charge in [-0.05, 0) is 61.9 Å². The van der Waals surface area contributed by atoms with E-state index in [1.165, 1.54) is 4.57 Å². The van der Waals surface area contributed by atoms with Gasteiger partial charge in [0.1, 0.15) is 11.9 Å². The molecule has 2 aromatic heterocycles. The predicted octanol–water partition coefficient (Wildman–Crippen LogP) is 1.99. The van der Waals surface area contributed by atoms with Crippen LogP contribution in [0.5, 0.6) is 0 Å². The third-order valence-corrected chi connectivity index (χ3v) is 8.94. The number of aliphatic carboxylic acids is 1. The van der Waals surface area contributed by atoms with Gasteiger partial charge in [0.2, 0.25) is 11.8 Å². The number of carboxylic acids is 1. The Bertz CT molecular complexity index is 1940. The second-order valence-electron chi connectivity index (χ2n) is 13.1. The molecule has 2 aromatic carbocycles. The van der Waals surface area contributed by atoms with Crippen LogP contribution in [-0.2, 0) is 46.9 Å². The molecule has 15 nitrogen and oxygen atoms in total. The van der Waals surface area contributed by atoms with Gasteiger partial charge >= 0.3 is 11.7 Å². The third-order valence-electron chi connectivity index (χ3n) is 8.94. The first-order valence-corrected chi connectivity index (χ1v) is 18.3. The van der Waals surface area contributed by atoms with Gasteiger partial charge < -0.3 is 36.5 Å². The maximum absolute atomic E-state index is 13.9. The summed E-state index contributed by atoms with van der Waals surface area (Å²) in [6.07, 6.45) is 2.32. The van der Waals surface area contributed by atoms with Crippen LogP contribution in [0, 0.1) is 0 Å². The molecular weight excluding hydrogens is 680 g/mol. The van der Waals surface area contributed by atoms with Crippen LogP contribution in [0.25, 0.3) is 11.2 Å². The number of carboxylic acid groups (broad SMARTS) is 1. The number of aliphatic hydroxyl groups excluding tert-OH is 1. The van der Waals surface area contributed by atoms with Crippen molar-refractivity contribution < 1.29 is 24.6 Å². The molecule has 4 aromatic rings. The van der Waals surface area contributed by atoms with Crippen LogP contribution >= 0.6 is 0 Å². The summed E-state index contributed by atoms with van der Waals surface area (Å²) in [5, 5.41) is 27.8. The number of amides is 2. The van der Waals surface area contributed by atoms with Gasteiger partial charge in [0.05, 0.1) is 12.5 Å². The molecule has 15 heteroatoms. The minimum atomic E-state index is -1.25. The zero-order chi connectivity index (χ0) is 38.3. The number of nitrogens with two attached hydrogens (primary N) is 1. The number of unbranched alkanes of at least 4 members (excludes halogenated alkanes) is 1. The average molecular weight is 733 g/mol. The molecule has 0 aliphatic heterocycles.